The van der Waals surface area contributed by atoms with Crippen molar-refractivity contribution in [2.24, 2.45) is 11.1 Å². The first-order valence-electron chi connectivity index (χ1n) is 10.6. The van der Waals surface area contributed by atoms with E-state index in [9.17, 15) is 4.79 Å². The Morgan fingerprint density at radius 2 is 2.13 bits per heavy atom. The van der Waals surface area contributed by atoms with Crippen LogP contribution in [0.4, 0.5) is 0 Å². The minimum absolute atomic E-state index is 0.0669. The van der Waals surface area contributed by atoms with E-state index >= 15 is 0 Å². The standard InChI is InChI=1S/C23H26N6OS/c1-23(2,3)18-11-31-22(20(24)30)29(18)17-6-4-5-13-9-14(7-8-15(13)17)19-16-10-27-28-21(16)26-12-25-19/h7-12,17,22H,4-6H2,1-3H3,(H2,24,30)(H,25,26,27,28). The number of hydrogen-bond acceptors (Lipinski definition) is 6. The van der Waals surface area contributed by atoms with Crippen LogP contribution in [0, 0.1) is 5.41 Å². The number of thioether (sulfide) groups is 1. The molecular weight excluding hydrogens is 408 g/mol. The topological polar surface area (TPSA) is 101 Å². The van der Waals surface area contributed by atoms with Crippen molar-refractivity contribution >= 4 is 28.7 Å². The lowest BCUT2D eigenvalue weighted by Crippen LogP contribution is -2.44. The summed E-state index contributed by atoms with van der Waals surface area (Å²) in [5.74, 6) is -0.285. The van der Waals surface area contributed by atoms with Crippen LogP contribution in [0.1, 0.15) is 50.8 Å². The molecule has 3 aromatic rings. The van der Waals surface area contributed by atoms with Crippen molar-refractivity contribution in [2.75, 3.05) is 0 Å². The van der Waals surface area contributed by atoms with Crippen molar-refractivity contribution in [1.29, 1.82) is 0 Å². The number of fused-ring (bicyclic) bond motifs is 2. The molecule has 0 fully saturated rings. The van der Waals surface area contributed by atoms with Crippen molar-refractivity contribution in [3.8, 4) is 11.3 Å². The number of carbonyl (C=O) groups is 1. The van der Waals surface area contributed by atoms with Gasteiger partial charge in [-0.15, -0.1) is 0 Å². The normalized spacial score (nSPS) is 21.3. The molecule has 1 amide bonds. The Labute approximate surface area is 185 Å². The van der Waals surface area contributed by atoms with Crippen molar-refractivity contribution in [3.05, 3.63) is 53.0 Å². The van der Waals surface area contributed by atoms with Gasteiger partial charge in [-0.25, -0.2) is 9.97 Å². The van der Waals surface area contributed by atoms with E-state index in [0.29, 0.717) is 0 Å². The van der Waals surface area contributed by atoms with E-state index in [0.717, 1.165) is 41.6 Å². The quantitative estimate of drug-likeness (QED) is 0.642. The van der Waals surface area contributed by atoms with Gasteiger partial charge in [-0.1, -0.05) is 44.7 Å². The largest absolute Gasteiger partial charge is 0.367 e. The summed E-state index contributed by atoms with van der Waals surface area (Å²) in [6.07, 6.45) is 6.42. The smallest absolute Gasteiger partial charge is 0.251 e. The average molecular weight is 435 g/mol. The molecule has 1 aliphatic heterocycles. The highest BCUT2D eigenvalue weighted by molar-refractivity contribution is 8.03. The van der Waals surface area contributed by atoms with Gasteiger partial charge in [0.05, 0.1) is 23.3 Å². The van der Waals surface area contributed by atoms with Crippen molar-refractivity contribution in [3.63, 3.8) is 0 Å². The number of nitrogens with two attached hydrogens (primary N) is 1. The number of rotatable bonds is 3. The van der Waals surface area contributed by atoms with Crippen molar-refractivity contribution < 1.29 is 4.79 Å². The molecule has 0 radical (unpaired) electrons. The van der Waals surface area contributed by atoms with Gasteiger partial charge in [0.15, 0.2) is 11.0 Å². The summed E-state index contributed by atoms with van der Waals surface area (Å²) in [5, 5.41) is 9.69. The zero-order valence-corrected chi connectivity index (χ0v) is 18.7. The van der Waals surface area contributed by atoms with Crippen LogP contribution in [0.25, 0.3) is 22.3 Å². The number of H-pyrrole nitrogens is 1. The zero-order chi connectivity index (χ0) is 21.8. The predicted octanol–water partition coefficient (Wildman–Crippen LogP) is 4.15. The van der Waals surface area contributed by atoms with Gasteiger partial charge in [0.25, 0.3) is 5.91 Å². The van der Waals surface area contributed by atoms with Gasteiger partial charge < -0.3 is 10.6 Å². The van der Waals surface area contributed by atoms with Crippen molar-refractivity contribution in [1.82, 2.24) is 25.1 Å². The third kappa shape index (κ3) is 3.39. The summed E-state index contributed by atoms with van der Waals surface area (Å²) in [4.78, 5) is 23.3. The number of aryl methyl sites for hydroxylation is 1. The highest BCUT2D eigenvalue weighted by Crippen LogP contribution is 2.48. The van der Waals surface area contributed by atoms with Gasteiger partial charge in [0, 0.05) is 16.7 Å². The Kier molecular flexibility index (Phi) is 4.77. The van der Waals surface area contributed by atoms with Gasteiger partial charge in [0.1, 0.15) is 6.33 Å². The van der Waals surface area contributed by atoms with E-state index in [1.54, 1.807) is 12.5 Å². The van der Waals surface area contributed by atoms with E-state index in [4.69, 9.17) is 5.73 Å². The van der Waals surface area contributed by atoms with E-state index in [-0.39, 0.29) is 22.7 Å². The van der Waals surface area contributed by atoms with E-state index in [1.165, 1.54) is 28.6 Å². The number of carbonyl (C=O) groups excluding carboxylic acids is 1. The summed E-state index contributed by atoms with van der Waals surface area (Å²) < 4.78 is 0. The Morgan fingerprint density at radius 3 is 2.90 bits per heavy atom. The molecule has 5 rings (SSSR count). The first kappa shape index (κ1) is 20.1. The molecule has 1 aliphatic carbocycles. The summed E-state index contributed by atoms with van der Waals surface area (Å²) in [7, 11) is 0. The first-order valence-corrected chi connectivity index (χ1v) is 11.5. The molecule has 0 saturated carbocycles. The molecule has 2 atom stereocenters. The fourth-order valence-corrected chi connectivity index (χ4v) is 5.96. The predicted molar refractivity (Wildman–Crippen MR) is 123 cm³/mol. The molecule has 0 spiro atoms. The van der Waals surface area contributed by atoms with Gasteiger partial charge in [-0.3, -0.25) is 9.89 Å². The number of nitrogens with one attached hydrogen (secondary N) is 1. The molecule has 0 bridgehead atoms. The van der Waals surface area contributed by atoms with E-state index < -0.39 is 0 Å². The zero-order valence-electron chi connectivity index (χ0n) is 17.9. The SMILES string of the molecule is CC(C)(C)C1=CSC(C(N)=O)N1C1CCCc2cc(-c3ncnc4[nH]ncc34)ccc21. The molecule has 2 aromatic heterocycles. The maximum Gasteiger partial charge on any atom is 0.251 e. The van der Waals surface area contributed by atoms with Crippen LogP contribution < -0.4 is 5.73 Å². The molecular formula is C23H26N6OS. The second-order valence-corrected chi connectivity index (χ2v) is 10.2. The van der Waals surface area contributed by atoms with Crippen LogP contribution in [0.3, 0.4) is 0 Å². The molecule has 1 aromatic carbocycles. The number of benzene rings is 1. The number of nitrogens with zero attached hydrogens (tertiary/aromatic N) is 4. The Balaban J connectivity index is 1.57. The van der Waals surface area contributed by atoms with Gasteiger partial charge in [-0.05, 0) is 41.9 Å². The lowest BCUT2D eigenvalue weighted by atomic mass is 9.83. The minimum Gasteiger partial charge on any atom is -0.367 e. The second kappa shape index (κ2) is 7.37. The second-order valence-electron chi connectivity index (χ2n) is 9.23. The highest BCUT2D eigenvalue weighted by atomic mass is 32.2. The van der Waals surface area contributed by atoms with Crippen LogP contribution in [-0.4, -0.2) is 36.3 Å². The number of hydrogen-bond donors (Lipinski definition) is 2. The fourth-order valence-electron chi connectivity index (χ4n) is 4.70. The van der Waals surface area contributed by atoms with Crippen LogP contribution in [-0.2, 0) is 11.2 Å². The van der Waals surface area contributed by atoms with Crippen LogP contribution in [0.15, 0.2) is 41.8 Å². The van der Waals surface area contributed by atoms with E-state index in [2.05, 4.69) is 69.4 Å². The molecule has 3 N–H and O–H groups in total. The summed E-state index contributed by atoms with van der Waals surface area (Å²) in [6, 6.07) is 6.69. The van der Waals surface area contributed by atoms with Crippen LogP contribution >= 0.6 is 11.8 Å². The number of amides is 1. The fraction of sp³-hybridized carbons (Fsp3) is 0.391. The lowest BCUT2D eigenvalue weighted by molar-refractivity contribution is -0.120. The molecule has 160 valence electrons. The molecule has 2 unspecified atom stereocenters. The maximum absolute atomic E-state index is 12.3. The van der Waals surface area contributed by atoms with Crippen LogP contribution in [0.5, 0.6) is 0 Å². The van der Waals surface area contributed by atoms with Gasteiger partial charge in [0.2, 0.25) is 0 Å². The number of allylic oxidation sites excluding steroid dienone is 1. The lowest BCUT2D eigenvalue weighted by Gasteiger charge is -2.42. The van der Waals surface area contributed by atoms with E-state index in [1.807, 2.05) is 0 Å². The maximum atomic E-state index is 12.3. The van der Waals surface area contributed by atoms with Gasteiger partial charge >= 0.3 is 0 Å². The average Bonchev–Trinajstić information content (AvgIpc) is 3.39. The Hall–Kier alpha value is -2.87. The van der Waals surface area contributed by atoms with Gasteiger partial charge in [-0.2, -0.15) is 5.10 Å². The monoisotopic (exact) mass is 434 g/mol. The summed E-state index contributed by atoms with van der Waals surface area (Å²) in [6.45, 7) is 6.57. The molecule has 7 nitrogen and oxygen atoms in total. The summed E-state index contributed by atoms with van der Waals surface area (Å²) in [5.41, 5.74) is 12.2. The highest BCUT2D eigenvalue weighted by Gasteiger charge is 2.42. The third-order valence-electron chi connectivity index (χ3n) is 6.13. The van der Waals surface area contributed by atoms with Crippen LogP contribution in [0.2, 0.25) is 0 Å². The Bertz CT molecular complexity index is 1190. The molecule has 3 heterocycles. The molecule has 2 aliphatic rings. The minimum atomic E-state index is -0.364. The number of aromatic nitrogens is 4. The Morgan fingerprint density at radius 1 is 1.29 bits per heavy atom. The first-order chi connectivity index (χ1) is 14.8. The third-order valence-corrected chi connectivity index (χ3v) is 7.21. The molecule has 8 heteroatoms. The molecule has 31 heavy (non-hydrogen) atoms. The molecule has 0 saturated heterocycles. The number of aromatic amines is 1. The number of primary amides is 1. The van der Waals surface area contributed by atoms with Crippen molar-refractivity contribution in [2.45, 2.75) is 51.4 Å². The summed E-state index contributed by atoms with van der Waals surface area (Å²) >= 11 is 1.53.